The summed E-state index contributed by atoms with van der Waals surface area (Å²) in [5.74, 6) is 0. The van der Waals surface area contributed by atoms with Gasteiger partial charge in [-0.25, -0.2) is 0 Å². The summed E-state index contributed by atoms with van der Waals surface area (Å²) in [7, 11) is 2.32. The Morgan fingerprint density at radius 1 is 1.05 bits per heavy atom. The molecule has 1 unspecified atom stereocenters. The van der Waals surface area contributed by atoms with E-state index in [2.05, 4.69) is 81.4 Å². The number of benzene rings is 1. The van der Waals surface area contributed by atoms with Crippen molar-refractivity contribution in [1.29, 1.82) is 0 Å². The zero-order valence-electron chi connectivity index (χ0n) is 15.2. The topological polar surface area (TPSA) is 12.0 Å². The number of hydrogen-bond donors (Lipinski definition) is 1. The molecule has 0 amide bonds. The zero-order valence-corrected chi connectivity index (χ0v) is 17.2. The molecule has 3 radical (unpaired) electrons. The Balaban J connectivity index is 3.24. The maximum absolute atomic E-state index is 3.83. The van der Waals surface area contributed by atoms with E-state index in [0.29, 0.717) is 6.04 Å². The summed E-state index contributed by atoms with van der Waals surface area (Å²) in [4.78, 5) is 0. The van der Waals surface area contributed by atoms with Crippen LogP contribution in [0.4, 0.5) is 5.69 Å². The molecule has 3 heteroatoms. The quantitative estimate of drug-likeness (QED) is 0.657. The number of anilines is 1. The molecule has 1 N–H and O–H groups in total. The number of para-hydroxylation sites is 1. The maximum atomic E-state index is 3.83. The van der Waals surface area contributed by atoms with E-state index in [0.717, 1.165) is 6.42 Å². The molecular weight excluding hydrogens is 298 g/mol. The van der Waals surface area contributed by atoms with E-state index in [1.807, 2.05) is 0 Å². The molecule has 0 saturated heterocycles. The van der Waals surface area contributed by atoms with Gasteiger partial charge in [0.25, 0.3) is 0 Å². The largest absolute Gasteiger partial charge is 0.379 e. The second kappa shape index (κ2) is 8.73. The van der Waals surface area contributed by atoms with Gasteiger partial charge in [-0.05, 0) is 31.5 Å². The molecule has 0 spiro atoms. The van der Waals surface area contributed by atoms with Crippen molar-refractivity contribution < 1.29 is 0 Å². The zero-order chi connectivity index (χ0) is 16.8. The van der Waals surface area contributed by atoms with Crippen molar-refractivity contribution in [2.75, 3.05) is 5.32 Å². The molecule has 1 rings (SSSR count). The van der Waals surface area contributed by atoms with Crippen LogP contribution in [0.3, 0.4) is 0 Å². The van der Waals surface area contributed by atoms with E-state index < -0.39 is 8.07 Å². The van der Waals surface area contributed by atoms with Gasteiger partial charge < -0.3 is 5.32 Å². The highest BCUT2D eigenvalue weighted by molar-refractivity contribution is 6.92. The highest BCUT2D eigenvalue weighted by atomic mass is 28.3. The molecule has 0 aliphatic rings. The molecule has 0 aliphatic carbocycles. The van der Waals surface area contributed by atoms with Crippen LogP contribution >= 0.6 is 0 Å². The average molecular weight is 331 g/mol. The number of rotatable bonds is 8. The lowest BCUT2D eigenvalue weighted by atomic mass is 10.1. The highest BCUT2D eigenvalue weighted by Crippen LogP contribution is 2.25. The highest BCUT2D eigenvalue weighted by Gasteiger charge is 2.31. The molecule has 1 nitrogen and oxygen atoms in total. The van der Waals surface area contributed by atoms with Gasteiger partial charge in [-0.3, -0.25) is 0 Å². The first-order valence-corrected chi connectivity index (χ1v) is 11.8. The summed E-state index contributed by atoms with van der Waals surface area (Å²) in [6, 6.07) is 13.4. The fraction of sp³-hybridized carbons (Fsp3) is 0.579. The summed E-state index contributed by atoms with van der Waals surface area (Å²) >= 11 is 0. The second-order valence-corrected chi connectivity index (χ2v) is 12.3. The van der Waals surface area contributed by atoms with Crippen molar-refractivity contribution in [1.82, 2.24) is 0 Å². The van der Waals surface area contributed by atoms with Crippen LogP contribution in [0.2, 0.25) is 18.1 Å². The Kier molecular flexibility index (Phi) is 7.63. The molecule has 1 atom stereocenters. The molecule has 0 heterocycles. The second-order valence-electron chi connectivity index (χ2n) is 6.30. The van der Waals surface area contributed by atoms with E-state index in [9.17, 15) is 0 Å². The molecular formula is C19H32NSi2. The normalized spacial score (nSPS) is 14.5. The van der Waals surface area contributed by atoms with Gasteiger partial charge in [0.15, 0.2) is 0 Å². The van der Waals surface area contributed by atoms with Crippen molar-refractivity contribution in [2.45, 2.75) is 72.1 Å². The van der Waals surface area contributed by atoms with E-state index in [1.54, 1.807) is 5.19 Å². The maximum Gasteiger partial charge on any atom is 0.0886 e. The Bertz CT molecular complexity index is 492. The minimum atomic E-state index is -1.37. The third-order valence-electron chi connectivity index (χ3n) is 5.38. The fourth-order valence-corrected chi connectivity index (χ4v) is 7.35. The summed E-state index contributed by atoms with van der Waals surface area (Å²) in [5.41, 5.74) is 2.75. The minimum absolute atomic E-state index is 0.399. The lowest BCUT2D eigenvalue weighted by Crippen LogP contribution is -2.47. The third kappa shape index (κ3) is 4.14. The van der Waals surface area contributed by atoms with Crippen molar-refractivity contribution in [2.24, 2.45) is 0 Å². The van der Waals surface area contributed by atoms with Gasteiger partial charge in [0.05, 0.1) is 18.3 Å². The molecule has 0 aromatic heterocycles. The van der Waals surface area contributed by atoms with Gasteiger partial charge in [-0.15, -0.1) is 0 Å². The summed E-state index contributed by atoms with van der Waals surface area (Å²) < 4.78 is 0. The summed E-state index contributed by atoms with van der Waals surface area (Å²) in [6.45, 7) is 13.7. The van der Waals surface area contributed by atoms with Crippen molar-refractivity contribution in [3.63, 3.8) is 0 Å². The molecule has 1 aromatic carbocycles. The predicted molar refractivity (Wildman–Crippen MR) is 105 cm³/mol. The van der Waals surface area contributed by atoms with E-state index in [-0.39, 0.29) is 0 Å². The molecule has 121 valence electrons. The van der Waals surface area contributed by atoms with Gasteiger partial charge >= 0.3 is 0 Å². The van der Waals surface area contributed by atoms with Crippen LogP contribution in [-0.4, -0.2) is 24.4 Å². The molecule has 0 saturated carbocycles. The number of hydrogen-bond acceptors (Lipinski definition) is 1. The van der Waals surface area contributed by atoms with Crippen LogP contribution in [0.1, 0.15) is 48.0 Å². The van der Waals surface area contributed by atoms with Gasteiger partial charge in [-0.2, -0.15) is 0 Å². The van der Waals surface area contributed by atoms with Gasteiger partial charge in [0.2, 0.25) is 0 Å². The van der Waals surface area contributed by atoms with Gasteiger partial charge in [0, 0.05) is 11.7 Å². The third-order valence-corrected chi connectivity index (χ3v) is 11.4. The van der Waals surface area contributed by atoms with E-state index in [1.165, 1.54) is 34.6 Å². The van der Waals surface area contributed by atoms with Gasteiger partial charge in [0.1, 0.15) is 0 Å². The van der Waals surface area contributed by atoms with Crippen LogP contribution < -0.4 is 10.5 Å². The van der Waals surface area contributed by atoms with E-state index >= 15 is 0 Å². The molecule has 1 aromatic rings. The van der Waals surface area contributed by atoms with Crippen LogP contribution in [0, 0.1) is 0 Å². The molecule has 22 heavy (non-hydrogen) atoms. The SMILES string of the molecule is CCC(Nc1ccccc1[Si](CC)(CC)CC)C(C)=C(C)[Si]. The predicted octanol–water partition coefficient (Wildman–Crippen LogP) is 5.06. The average Bonchev–Trinajstić information content (AvgIpc) is 2.55. The Hall–Kier alpha value is -0.806. The Labute approximate surface area is 142 Å². The van der Waals surface area contributed by atoms with Crippen molar-refractivity contribution >= 4 is 29.2 Å². The lowest BCUT2D eigenvalue weighted by molar-refractivity contribution is 0.784. The van der Waals surface area contributed by atoms with Crippen LogP contribution in [0.15, 0.2) is 35.0 Å². The van der Waals surface area contributed by atoms with Crippen LogP contribution in [0.5, 0.6) is 0 Å². The standard InChI is InChI=1S/C19H32NSi2/c1-7-17(15(5)16(6)21)20-18-13-11-12-14-19(18)22(8-2,9-3)10-4/h11-14,17,20H,7-10H2,1-6H3. The molecule has 0 bridgehead atoms. The van der Waals surface area contributed by atoms with Crippen molar-refractivity contribution in [3.8, 4) is 0 Å². The van der Waals surface area contributed by atoms with Crippen molar-refractivity contribution in [3.05, 3.63) is 35.0 Å². The summed E-state index contributed by atoms with van der Waals surface area (Å²) in [6.07, 6.45) is 1.10. The Morgan fingerprint density at radius 2 is 1.59 bits per heavy atom. The fourth-order valence-electron chi connectivity index (χ4n) is 3.36. The summed E-state index contributed by atoms with van der Waals surface area (Å²) in [5, 5.41) is 6.68. The first kappa shape index (κ1) is 19.2. The molecule has 0 aliphatic heterocycles. The van der Waals surface area contributed by atoms with Crippen LogP contribution in [-0.2, 0) is 0 Å². The first-order chi connectivity index (χ1) is 10.5. The molecule has 0 fully saturated rings. The minimum Gasteiger partial charge on any atom is -0.379 e. The first-order valence-electron chi connectivity index (χ1n) is 8.70. The smallest absolute Gasteiger partial charge is 0.0886 e. The number of allylic oxidation sites excluding steroid dienone is 1. The van der Waals surface area contributed by atoms with Crippen LogP contribution in [0.25, 0.3) is 0 Å². The number of nitrogens with one attached hydrogen (secondary N) is 1. The van der Waals surface area contributed by atoms with E-state index in [4.69, 9.17) is 0 Å². The Morgan fingerprint density at radius 3 is 2.05 bits per heavy atom. The monoisotopic (exact) mass is 330 g/mol. The lowest BCUT2D eigenvalue weighted by Gasteiger charge is -2.32. The van der Waals surface area contributed by atoms with Gasteiger partial charge in [-0.1, -0.05) is 74.8 Å².